The van der Waals surface area contributed by atoms with Crippen LogP contribution in [0.1, 0.15) is 43.4 Å². The van der Waals surface area contributed by atoms with Crippen LogP contribution in [0, 0.1) is 0 Å². The van der Waals surface area contributed by atoms with Crippen LogP contribution in [0.25, 0.3) is 0 Å². The molecule has 2 aromatic carbocycles. The van der Waals surface area contributed by atoms with E-state index >= 15 is 0 Å². The van der Waals surface area contributed by atoms with Gasteiger partial charge in [0.2, 0.25) is 0 Å². The second kappa shape index (κ2) is 8.86. The topological polar surface area (TPSA) is 30.5 Å². The van der Waals surface area contributed by atoms with Crippen LogP contribution in [-0.4, -0.2) is 19.3 Å². The van der Waals surface area contributed by atoms with Gasteiger partial charge >= 0.3 is 0 Å². The molecule has 2 atom stereocenters. The van der Waals surface area contributed by atoms with E-state index in [1.807, 2.05) is 0 Å². The van der Waals surface area contributed by atoms with Gasteiger partial charge in [0.05, 0.1) is 6.10 Å². The van der Waals surface area contributed by atoms with Crippen LogP contribution in [0.4, 0.5) is 0 Å². The van der Waals surface area contributed by atoms with Gasteiger partial charge in [0.25, 0.3) is 0 Å². The van der Waals surface area contributed by atoms with E-state index in [-0.39, 0.29) is 6.10 Å². The van der Waals surface area contributed by atoms with E-state index in [0.29, 0.717) is 12.6 Å². The predicted octanol–water partition coefficient (Wildman–Crippen LogP) is 4.49. The van der Waals surface area contributed by atoms with Crippen molar-refractivity contribution in [2.24, 2.45) is 0 Å². The molecule has 0 bridgehead atoms. The Bertz CT molecular complexity index is 591. The summed E-state index contributed by atoms with van der Waals surface area (Å²) < 4.78 is 11.4. The molecule has 24 heavy (non-hydrogen) atoms. The highest BCUT2D eigenvalue weighted by Crippen LogP contribution is 2.22. The highest BCUT2D eigenvalue weighted by Gasteiger charge is 2.16. The molecule has 1 aliphatic heterocycles. The number of hydrogen-bond acceptors (Lipinski definition) is 3. The molecule has 0 spiro atoms. The molecule has 2 aromatic rings. The minimum atomic E-state index is 0.264. The van der Waals surface area contributed by atoms with E-state index in [1.165, 1.54) is 11.1 Å². The van der Waals surface area contributed by atoms with Gasteiger partial charge < -0.3 is 14.8 Å². The van der Waals surface area contributed by atoms with E-state index in [9.17, 15) is 0 Å². The van der Waals surface area contributed by atoms with E-state index in [4.69, 9.17) is 9.47 Å². The second-order valence-electron chi connectivity index (χ2n) is 6.34. The quantitative estimate of drug-likeness (QED) is 0.776. The molecule has 3 nitrogen and oxygen atoms in total. The first-order chi connectivity index (χ1) is 11.8. The van der Waals surface area contributed by atoms with Gasteiger partial charge in [0.15, 0.2) is 0 Å². The molecule has 128 valence electrons. The Morgan fingerprint density at radius 3 is 2.58 bits per heavy atom. The van der Waals surface area contributed by atoms with Crippen molar-refractivity contribution in [2.45, 2.75) is 44.9 Å². The van der Waals surface area contributed by atoms with Gasteiger partial charge in [0.1, 0.15) is 12.4 Å². The Morgan fingerprint density at radius 1 is 1.12 bits per heavy atom. The molecule has 1 saturated heterocycles. The van der Waals surface area contributed by atoms with Crippen LogP contribution in [0.3, 0.4) is 0 Å². The summed E-state index contributed by atoms with van der Waals surface area (Å²) in [5.41, 5.74) is 2.62. The van der Waals surface area contributed by atoms with Crippen molar-refractivity contribution >= 4 is 0 Å². The fourth-order valence-electron chi connectivity index (χ4n) is 3.10. The summed E-state index contributed by atoms with van der Waals surface area (Å²) in [5.74, 6) is 0.923. The van der Waals surface area contributed by atoms with Crippen molar-refractivity contribution in [1.82, 2.24) is 5.32 Å². The van der Waals surface area contributed by atoms with Crippen molar-refractivity contribution in [1.29, 1.82) is 0 Å². The number of rotatable bonds is 8. The van der Waals surface area contributed by atoms with Crippen LogP contribution < -0.4 is 10.1 Å². The Hall–Kier alpha value is -1.84. The Morgan fingerprint density at radius 2 is 1.92 bits per heavy atom. The zero-order chi connectivity index (χ0) is 16.6. The third-order valence-electron chi connectivity index (χ3n) is 4.55. The number of nitrogens with one attached hydrogen (secondary N) is 1. The molecule has 0 amide bonds. The average Bonchev–Trinajstić information content (AvgIpc) is 3.16. The molecule has 1 aliphatic rings. The molecule has 1 fully saturated rings. The first-order valence-electron chi connectivity index (χ1n) is 8.97. The second-order valence-corrected chi connectivity index (χ2v) is 6.34. The van der Waals surface area contributed by atoms with Crippen LogP contribution in [0.15, 0.2) is 54.6 Å². The minimum Gasteiger partial charge on any atom is -0.491 e. The number of benzene rings is 2. The maximum atomic E-state index is 5.84. The highest BCUT2D eigenvalue weighted by atomic mass is 16.5. The van der Waals surface area contributed by atoms with E-state index < -0.39 is 0 Å². The normalized spacial score (nSPS) is 18.5. The summed E-state index contributed by atoms with van der Waals surface area (Å²) in [6.07, 6.45) is 3.58. The molecule has 0 radical (unpaired) electrons. The molecule has 1 N–H and O–H groups in total. The van der Waals surface area contributed by atoms with Crippen LogP contribution >= 0.6 is 0 Å². The summed E-state index contributed by atoms with van der Waals surface area (Å²) in [5, 5.41) is 3.64. The third-order valence-corrected chi connectivity index (χ3v) is 4.55. The lowest BCUT2D eigenvalue weighted by Gasteiger charge is -2.18. The van der Waals surface area contributed by atoms with Gasteiger partial charge in [-0.15, -0.1) is 0 Å². The van der Waals surface area contributed by atoms with Gasteiger partial charge in [-0.1, -0.05) is 49.4 Å². The van der Waals surface area contributed by atoms with Gasteiger partial charge in [-0.2, -0.15) is 0 Å². The van der Waals surface area contributed by atoms with Gasteiger partial charge in [-0.25, -0.2) is 0 Å². The number of hydrogen-bond donors (Lipinski definition) is 1. The molecule has 3 rings (SSSR count). The zero-order valence-corrected chi connectivity index (χ0v) is 14.4. The number of ether oxygens (including phenoxy) is 2. The molecule has 3 heteroatoms. The summed E-state index contributed by atoms with van der Waals surface area (Å²) in [6, 6.07) is 19.3. The fourth-order valence-corrected chi connectivity index (χ4v) is 3.10. The van der Waals surface area contributed by atoms with Crippen molar-refractivity contribution in [3.05, 3.63) is 65.7 Å². The van der Waals surface area contributed by atoms with Crippen molar-refractivity contribution in [3.63, 3.8) is 0 Å². The van der Waals surface area contributed by atoms with Crippen molar-refractivity contribution < 1.29 is 9.47 Å². The lowest BCUT2D eigenvalue weighted by Crippen LogP contribution is -2.20. The van der Waals surface area contributed by atoms with Gasteiger partial charge in [-0.05, 0) is 42.5 Å². The lowest BCUT2D eigenvalue weighted by atomic mass is 10.0. The first-order valence-corrected chi connectivity index (χ1v) is 8.97. The summed E-state index contributed by atoms with van der Waals surface area (Å²) in [7, 11) is 0. The predicted molar refractivity (Wildman–Crippen MR) is 97.2 cm³/mol. The SMILES string of the molecule is CCC(NCc1ccccc1)c1ccc(OCC2CCCO2)cc1. The fraction of sp³-hybridized carbons (Fsp3) is 0.429. The van der Waals surface area contributed by atoms with Gasteiger partial charge in [-0.3, -0.25) is 0 Å². The van der Waals surface area contributed by atoms with Crippen LogP contribution in [0.5, 0.6) is 5.75 Å². The summed E-state index contributed by atoms with van der Waals surface area (Å²) in [4.78, 5) is 0. The Balaban J connectivity index is 1.52. The van der Waals surface area contributed by atoms with Gasteiger partial charge in [0, 0.05) is 19.2 Å². The molecular formula is C21H27NO2. The average molecular weight is 325 g/mol. The molecule has 1 heterocycles. The summed E-state index contributed by atoms with van der Waals surface area (Å²) in [6.45, 7) is 4.63. The lowest BCUT2D eigenvalue weighted by molar-refractivity contribution is 0.0679. The van der Waals surface area contributed by atoms with Crippen LogP contribution in [0.2, 0.25) is 0 Å². The molecular weight excluding hydrogens is 298 g/mol. The van der Waals surface area contributed by atoms with E-state index in [2.05, 4.69) is 66.8 Å². The molecule has 2 unspecified atom stereocenters. The van der Waals surface area contributed by atoms with Crippen LogP contribution in [-0.2, 0) is 11.3 Å². The largest absolute Gasteiger partial charge is 0.491 e. The summed E-state index contributed by atoms with van der Waals surface area (Å²) >= 11 is 0. The maximum absolute atomic E-state index is 5.84. The van der Waals surface area contributed by atoms with Crippen molar-refractivity contribution in [3.8, 4) is 5.75 Å². The standard InChI is InChI=1S/C21H27NO2/c1-2-21(22-15-17-7-4-3-5-8-17)18-10-12-19(13-11-18)24-16-20-9-6-14-23-20/h3-5,7-8,10-13,20-22H,2,6,9,14-16H2,1H3. The first kappa shape index (κ1) is 17.0. The van der Waals surface area contributed by atoms with E-state index in [0.717, 1.165) is 38.2 Å². The minimum absolute atomic E-state index is 0.264. The molecule has 0 aromatic heterocycles. The van der Waals surface area contributed by atoms with Crippen molar-refractivity contribution in [2.75, 3.05) is 13.2 Å². The molecule has 0 saturated carbocycles. The van der Waals surface area contributed by atoms with E-state index in [1.54, 1.807) is 0 Å². The smallest absolute Gasteiger partial charge is 0.119 e. The zero-order valence-electron chi connectivity index (χ0n) is 14.4. The monoisotopic (exact) mass is 325 g/mol. The maximum Gasteiger partial charge on any atom is 0.119 e. The Labute approximate surface area is 145 Å². The third kappa shape index (κ3) is 4.83. The molecule has 0 aliphatic carbocycles. The Kier molecular flexibility index (Phi) is 6.27. The highest BCUT2D eigenvalue weighted by molar-refractivity contribution is 5.29.